The summed E-state index contributed by atoms with van der Waals surface area (Å²) in [4.78, 5) is 25.6. The quantitative estimate of drug-likeness (QED) is 0.455. The Labute approximate surface area is 227 Å². The average molecular weight is 526 g/mol. The maximum absolute atomic E-state index is 9.63. The minimum Gasteiger partial charge on any atom is -0.481 e. The number of hydrogen-bond acceptors (Lipinski definition) is 11. The van der Waals surface area contributed by atoms with E-state index < -0.39 is 0 Å². The highest BCUT2D eigenvalue weighted by atomic mass is 16.5. The van der Waals surface area contributed by atoms with E-state index in [1.165, 1.54) is 18.2 Å². The lowest BCUT2D eigenvalue weighted by molar-refractivity contribution is -0.00879. The van der Waals surface area contributed by atoms with Crippen molar-refractivity contribution < 1.29 is 9.47 Å². The number of aromatic nitrogens is 4. The van der Waals surface area contributed by atoms with Crippen molar-refractivity contribution >= 4 is 17.1 Å². The summed E-state index contributed by atoms with van der Waals surface area (Å²) in [6.07, 6.45) is 9.74. The first-order valence-corrected chi connectivity index (χ1v) is 13.1. The lowest BCUT2D eigenvalue weighted by Gasteiger charge is -2.56. The number of methoxy groups -OCH3 is 1. The Morgan fingerprint density at radius 3 is 2.54 bits per heavy atom. The van der Waals surface area contributed by atoms with Gasteiger partial charge in [0.25, 0.3) is 0 Å². The lowest BCUT2D eigenvalue weighted by Crippen LogP contribution is -2.68. The number of fused-ring (bicyclic) bond motifs is 2. The van der Waals surface area contributed by atoms with Crippen LogP contribution in [0.5, 0.6) is 5.88 Å². The fourth-order valence-electron chi connectivity index (χ4n) is 5.62. The maximum Gasteiger partial charge on any atom is 0.212 e. The summed E-state index contributed by atoms with van der Waals surface area (Å²) in [7, 11) is 1.63. The Balaban J connectivity index is 1.18. The molecule has 2 unspecified atom stereocenters. The minimum atomic E-state index is 0.299. The van der Waals surface area contributed by atoms with Crippen LogP contribution < -0.4 is 20.3 Å². The second-order valence-corrected chi connectivity index (χ2v) is 9.97. The molecule has 2 atom stereocenters. The molecule has 3 aromatic heterocycles. The van der Waals surface area contributed by atoms with Crippen LogP contribution in [-0.4, -0.2) is 83.4 Å². The molecule has 7 heterocycles. The number of pyridine rings is 2. The molecule has 39 heavy (non-hydrogen) atoms. The van der Waals surface area contributed by atoms with Gasteiger partial charge in [-0.25, -0.2) is 9.97 Å². The van der Waals surface area contributed by atoms with Crippen molar-refractivity contribution in [1.82, 2.24) is 24.8 Å². The van der Waals surface area contributed by atoms with Gasteiger partial charge in [-0.1, -0.05) is 6.07 Å². The van der Waals surface area contributed by atoms with E-state index in [1.54, 1.807) is 19.5 Å². The predicted octanol–water partition coefficient (Wildman–Crippen LogP) is 2.07. The van der Waals surface area contributed by atoms with E-state index in [1.807, 2.05) is 24.5 Å². The van der Waals surface area contributed by atoms with Crippen molar-refractivity contribution in [1.29, 1.82) is 5.26 Å². The van der Waals surface area contributed by atoms with E-state index in [9.17, 15) is 5.26 Å². The Kier molecular flexibility index (Phi) is 6.96. The van der Waals surface area contributed by atoms with E-state index >= 15 is 0 Å². The summed E-state index contributed by atoms with van der Waals surface area (Å²) in [6, 6.07) is 9.10. The molecule has 7 rings (SSSR count). The molecule has 3 aromatic rings. The van der Waals surface area contributed by atoms with Crippen LogP contribution in [0.15, 0.2) is 49.2 Å². The van der Waals surface area contributed by atoms with Gasteiger partial charge in [0, 0.05) is 68.8 Å². The third-order valence-electron chi connectivity index (χ3n) is 7.75. The van der Waals surface area contributed by atoms with Crippen molar-refractivity contribution in [2.24, 2.45) is 5.73 Å². The number of nitrogens with zero attached hydrogens (tertiary/aromatic N) is 8. The first kappa shape index (κ1) is 25.0. The third kappa shape index (κ3) is 4.96. The van der Waals surface area contributed by atoms with Crippen LogP contribution in [-0.2, 0) is 11.3 Å². The summed E-state index contributed by atoms with van der Waals surface area (Å²) in [5, 5.41) is 9.63. The second-order valence-electron chi connectivity index (χ2n) is 9.97. The van der Waals surface area contributed by atoms with Crippen molar-refractivity contribution in [3.05, 3.63) is 60.4 Å². The topological polar surface area (TPSA) is 130 Å². The van der Waals surface area contributed by atoms with Crippen LogP contribution in [0.3, 0.4) is 0 Å². The van der Waals surface area contributed by atoms with E-state index in [-0.39, 0.29) is 0 Å². The lowest BCUT2D eigenvalue weighted by atomic mass is 9.87. The van der Waals surface area contributed by atoms with Crippen LogP contribution >= 0.6 is 0 Å². The van der Waals surface area contributed by atoms with Crippen molar-refractivity contribution in [3.8, 4) is 23.2 Å². The summed E-state index contributed by atoms with van der Waals surface area (Å²) in [6.45, 7) is 5.60. The second kappa shape index (κ2) is 10.8. The molecule has 4 saturated heterocycles. The van der Waals surface area contributed by atoms with Crippen LogP contribution in [0.1, 0.15) is 17.7 Å². The fourth-order valence-corrected chi connectivity index (χ4v) is 5.62. The number of hydrogen-bond donors (Lipinski definition) is 1. The molecule has 11 heteroatoms. The SMILES string of the molecule is COc1ccc(CN2C3CC2CN(c2cnc(-c4cc(N5CCOCC5)cnc4C(C#N)=CN)cn2)C3)cn1. The molecule has 0 radical (unpaired) electrons. The molecule has 0 amide bonds. The summed E-state index contributed by atoms with van der Waals surface area (Å²) in [5.41, 5.74) is 10.1. The maximum atomic E-state index is 9.63. The number of nitrogens with two attached hydrogens (primary N) is 1. The van der Waals surface area contributed by atoms with Gasteiger partial charge < -0.3 is 25.0 Å². The normalized spacial score (nSPS) is 21.3. The molecule has 2 N–H and O–H groups in total. The van der Waals surface area contributed by atoms with E-state index in [0.717, 1.165) is 49.8 Å². The van der Waals surface area contributed by atoms with Gasteiger partial charge in [-0.3, -0.25) is 14.9 Å². The summed E-state index contributed by atoms with van der Waals surface area (Å²) in [5.74, 6) is 1.49. The van der Waals surface area contributed by atoms with Crippen molar-refractivity contribution in [2.75, 3.05) is 56.3 Å². The van der Waals surface area contributed by atoms with Crippen LogP contribution in [0.25, 0.3) is 16.8 Å². The van der Waals surface area contributed by atoms with Crippen LogP contribution in [0.2, 0.25) is 0 Å². The monoisotopic (exact) mass is 525 g/mol. The molecule has 0 aromatic carbocycles. The van der Waals surface area contributed by atoms with Crippen LogP contribution in [0, 0.1) is 11.3 Å². The highest BCUT2D eigenvalue weighted by molar-refractivity contribution is 5.85. The molecule has 0 saturated carbocycles. The third-order valence-corrected chi connectivity index (χ3v) is 7.75. The van der Waals surface area contributed by atoms with Gasteiger partial charge in [0.05, 0.1) is 61.6 Å². The van der Waals surface area contributed by atoms with E-state index in [0.29, 0.717) is 48.1 Å². The number of nitriles is 1. The molecule has 2 bridgehead atoms. The molecule has 0 spiro atoms. The van der Waals surface area contributed by atoms with Gasteiger partial charge in [0.2, 0.25) is 5.88 Å². The molecule has 0 aliphatic carbocycles. The molecule has 200 valence electrons. The number of anilines is 2. The first-order chi connectivity index (χ1) is 19.2. The highest BCUT2D eigenvalue weighted by Gasteiger charge is 2.44. The zero-order chi connectivity index (χ0) is 26.8. The first-order valence-electron chi connectivity index (χ1n) is 13.1. The zero-order valence-corrected chi connectivity index (χ0v) is 21.9. The smallest absolute Gasteiger partial charge is 0.212 e. The molecule has 4 aliphatic heterocycles. The number of ether oxygens (including phenoxy) is 2. The number of allylic oxidation sites excluding steroid dienone is 1. The average Bonchev–Trinajstić information content (AvgIpc) is 3.01. The zero-order valence-electron chi connectivity index (χ0n) is 21.9. The Morgan fingerprint density at radius 1 is 1.08 bits per heavy atom. The van der Waals surface area contributed by atoms with Gasteiger partial charge in [-0.2, -0.15) is 5.26 Å². The van der Waals surface area contributed by atoms with E-state index in [2.05, 4.69) is 36.8 Å². The highest BCUT2D eigenvalue weighted by Crippen LogP contribution is 2.36. The van der Waals surface area contributed by atoms with Crippen molar-refractivity contribution in [2.45, 2.75) is 25.0 Å². The van der Waals surface area contributed by atoms with E-state index in [4.69, 9.17) is 25.2 Å². The Hall–Kier alpha value is -4.27. The van der Waals surface area contributed by atoms with Crippen LogP contribution in [0.4, 0.5) is 11.5 Å². The number of piperidine rings is 1. The van der Waals surface area contributed by atoms with Gasteiger partial charge >= 0.3 is 0 Å². The summed E-state index contributed by atoms with van der Waals surface area (Å²) < 4.78 is 10.7. The summed E-state index contributed by atoms with van der Waals surface area (Å²) >= 11 is 0. The Morgan fingerprint density at radius 2 is 1.90 bits per heavy atom. The molecular formula is C28H31N9O2. The molecular weight excluding hydrogens is 494 g/mol. The van der Waals surface area contributed by atoms with Gasteiger partial charge in [-0.05, 0) is 18.1 Å². The number of rotatable bonds is 7. The number of piperazine rings is 1. The standard InChI is InChI=1S/C28H31N9O2/c1-38-27-3-2-19(12-33-27)16-37-22-8-23(37)18-36(17-22)26-15-31-25(14-32-26)24-9-21(35-4-6-39-7-5-35)13-34-28(24)20(10-29)11-30/h2-3,9-10,12-15,22-23H,4-8,16-18,29H2,1H3. The number of morpholine rings is 1. The van der Waals surface area contributed by atoms with Gasteiger partial charge in [0.1, 0.15) is 11.9 Å². The molecule has 4 aliphatic rings. The van der Waals surface area contributed by atoms with Gasteiger partial charge in [-0.15, -0.1) is 0 Å². The predicted molar refractivity (Wildman–Crippen MR) is 147 cm³/mol. The molecule has 4 fully saturated rings. The largest absolute Gasteiger partial charge is 0.481 e. The molecule has 11 nitrogen and oxygen atoms in total. The van der Waals surface area contributed by atoms with Crippen molar-refractivity contribution in [3.63, 3.8) is 0 Å². The van der Waals surface area contributed by atoms with Gasteiger partial charge in [0.15, 0.2) is 0 Å². The fraction of sp³-hybridized carbons (Fsp3) is 0.393. The Bertz CT molecular complexity index is 1370. The minimum absolute atomic E-state index is 0.299.